The molecule has 104 valence electrons. The summed E-state index contributed by atoms with van der Waals surface area (Å²) in [5.41, 5.74) is 0.576. The summed E-state index contributed by atoms with van der Waals surface area (Å²) in [6, 6.07) is 4.90. The second-order valence-electron chi connectivity index (χ2n) is 3.65. The molecule has 6 heteroatoms. The summed E-state index contributed by atoms with van der Waals surface area (Å²) in [6.45, 7) is 4.81. The van der Waals surface area contributed by atoms with Crippen LogP contribution in [-0.2, 0) is 4.84 Å². The average molecular weight is 285 g/mol. The Hall–Kier alpha value is -1.75. The van der Waals surface area contributed by atoms with Gasteiger partial charge in [-0.05, 0) is 31.5 Å². The van der Waals surface area contributed by atoms with Crippen LogP contribution in [0.15, 0.2) is 23.4 Å². The molecule has 1 rings (SSSR count). The Morgan fingerprint density at radius 2 is 2.26 bits per heavy atom. The van der Waals surface area contributed by atoms with Crippen LogP contribution in [0, 0.1) is 0 Å². The Morgan fingerprint density at radius 3 is 2.95 bits per heavy atom. The summed E-state index contributed by atoms with van der Waals surface area (Å²) in [7, 11) is 0. The molecule has 0 radical (unpaired) electrons. The van der Waals surface area contributed by atoms with E-state index in [1.807, 2.05) is 13.8 Å². The maximum atomic E-state index is 11.5. The summed E-state index contributed by atoms with van der Waals surface area (Å²) in [4.78, 5) is 16.4. The van der Waals surface area contributed by atoms with Gasteiger partial charge in [0.2, 0.25) is 0 Å². The van der Waals surface area contributed by atoms with E-state index in [2.05, 4.69) is 10.5 Å². The smallest absolute Gasteiger partial charge is 0.410 e. The highest BCUT2D eigenvalue weighted by Crippen LogP contribution is 2.21. The van der Waals surface area contributed by atoms with Crippen molar-refractivity contribution in [2.45, 2.75) is 20.3 Å². The fourth-order valence-corrected chi connectivity index (χ4v) is 1.43. The van der Waals surface area contributed by atoms with Crippen molar-refractivity contribution in [3.8, 4) is 5.75 Å². The van der Waals surface area contributed by atoms with Crippen LogP contribution in [0.25, 0.3) is 0 Å². The molecule has 0 spiro atoms. The quantitative estimate of drug-likeness (QED) is 0.644. The second-order valence-corrected chi connectivity index (χ2v) is 4.09. The zero-order valence-corrected chi connectivity index (χ0v) is 11.7. The molecule has 0 saturated heterocycles. The van der Waals surface area contributed by atoms with E-state index in [-0.39, 0.29) is 0 Å². The van der Waals surface area contributed by atoms with Gasteiger partial charge in [0.25, 0.3) is 0 Å². The molecule has 0 aliphatic carbocycles. The standard InChI is InChI=1S/C13H17ClN2O3/c1-3-7-15-13(17)19-12-6-5-11(14)8-10(12)9-16-18-4-2/h5-6,8-9H,3-4,7H2,1-2H3,(H,15,17)/b16-9+. The van der Waals surface area contributed by atoms with Crippen LogP contribution in [0.2, 0.25) is 5.02 Å². The lowest BCUT2D eigenvalue weighted by molar-refractivity contribution is 0.160. The second kappa shape index (κ2) is 8.37. The van der Waals surface area contributed by atoms with E-state index in [0.717, 1.165) is 6.42 Å². The van der Waals surface area contributed by atoms with Crippen LogP contribution in [0.3, 0.4) is 0 Å². The summed E-state index contributed by atoms with van der Waals surface area (Å²) in [6.07, 6.45) is 1.79. The van der Waals surface area contributed by atoms with E-state index in [0.29, 0.717) is 29.5 Å². The van der Waals surface area contributed by atoms with E-state index in [9.17, 15) is 4.79 Å². The van der Waals surface area contributed by atoms with E-state index in [4.69, 9.17) is 21.2 Å². The van der Waals surface area contributed by atoms with Gasteiger partial charge in [0.15, 0.2) is 0 Å². The maximum absolute atomic E-state index is 11.5. The van der Waals surface area contributed by atoms with Crippen LogP contribution in [0.1, 0.15) is 25.8 Å². The fourth-order valence-electron chi connectivity index (χ4n) is 1.24. The Morgan fingerprint density at radius 1 is 1.47 bits per heavy atom. The Bertz CT molecular complexity index is 450. The molecule has 1 amide bonds. The van der Waals surface area contributed by atoms with Crippen molar-refractivity contribution in [1.82, 2.24) is 5.32 Å². The van der Waals surface area contributed by atoms with Gasteiger partial charge < -0.3 is 14.9 Å². The number of hydrogen-bond donors (Lipinski definition) is 1. The largest absolute Gasteiger partial charge is 0.412 e. The molecule has 1 aromatic rings. The molecule has 0 atom stereocenters. The predicted octanol–water partition coefficient (Wildman–Crippen LogP) is 3.21. The summed E-state index contributed by atoms with van der Waals surface area (Å²) >= 11 is 5.89. The first-order valence-corrected chi connectivity index (χ1v) is 6.45. The number of nitrogens with zero attached hydrogens (tertiary/aromatic N) is 1. The molecule has 0 aromatic heterocycles. The zero-order chi connectivity index (χ0) is 14.1. The minimum Gasteiger partial charge on any atom is -0.410 e. The van der Waals surface area contributed by atoms with E-state index in [1.54, 1.807) is 18.2 Å². The van der Waals surface area contributed by atoms with Gasteiger partial charge in [0.05, 0.1) is 6.21 Å². The van der Waals surface area contributed by atoms with Crippen molar-refractivity contribution in [2.24, 2.45) is 5.16 Å². The summed E-state index contributed by atoms with van der Waals surface area (Å²) in [5.74, 6) is 0.376. The number of ether oxygens (including phenoxy) is 1. The topological polar surface area (TPSA) is 59.9 Å². The number of benzene rings is 1. The molecule has 1 aromatic carbocycles. The van der Waals surface area contributed by atoms with Crippen LogP contribution < -0.4 is 10.1 Å². The first-order valence-electron chi connectivity index (χ1n) is 6.08. The molecule has 0 aliphatic heterocycles. The van der Waals surface area contributed by atoms with E-state index < -0.39 is 6.09 Å². The third-order valence-corrected chi connectivity index (χ3v) is 2.32. The van der Waals surface area contributed by atoms with E-state index >= 15 is 0 Å². The van der Waals surface area contributed by atoms with Crippen LogP contribution in [-0.4, -0.2) is 25.5 Å². The molecule has 1 N–H and O–H groups in total. The maximum Gasteiger partial charge on any atom is 0.412 e. The van der Waals surface area contributed by atoms with Crippen molar-refractivity contribution in [3.05, 3.63) is 28.8 Å². The number of amides is 1. The zero-order valence-electron chi connectivity index (χ0n) is 11.0. The number of halogens is 1. The lowest BCUT2D eigenvalue weighted by atomic mass is 10.2. The third kappa shape index (κ3) is 5.61. The number of oxime groups is 1. The van der Waals surface area contributed by atoms with Crippen LogP contribution in [0.5, 0.6) is 5.75 Å². The van der Waals surface area contributed by atoms with Gasteiger partial charge in [-0.1, -0.05) is 23.7 Å². The third-order valence-electron chi connectivity index (χ3n) is 2.09. The molecular weight excluding hydrogens is 268 g/mol. The summed E-state index contributed by atoms with van der Waals surface area (Å²) in [5, 5.41) is 6.88. The number of rotatable bonds is 6. The molecule has 0 bridgehead atoms. The lowest BCUT2D eigenvalue weighted by Crippen LogP contribution is -2.27. The van der Waals surface area contributed by atoms with Crippen LogP contribution >= 0.6 is 11.6 Å². The van der Waals surface area contributed by atoms with Gasteiger partial charge in [-0.2, -0.15) is 0 Å². The lowest BCUT2D eigenvalue weighted by Gasteiger charge is -2.08. The van der Waals surface area contributed by atoms with Crippen LogP contribution in [0.4, 0.5) is 4.79 Å². The van der Waals surface area contributed by atoms with Crippen molar-refractivity contribution < 1.29 is 14.4 Å². The molecule has 0 fully saturated rings. The molecule has 0 unspecified atom stereocenters. The minimum atomic E-state index is -0.504. The monoisotopic (exact) mass is 284 g/mol. The Kier molecular flexibility index (Phi) is 6.74. The highest BCUT2D eigenvalue weighted by molar-refractivity contribution is 6.30. The van der Waals surface area contributed by atoms with Crippen molar-refractivity contribution in [3.63, 3.8) is 0 Å². The average Bonchev–Trinajstić information content (AvgIpc) is 2.39. The van der Waals surface area contributed by atoms with Gasteiger partial charge in [0, 0.05) is 17.1 Å². The van der Waals surface area contributed by atoms with Gasteiger partial charge in [-0.25, -0.2) is 4.79 Å². The Labute approximate surface area is 117 Å². The molecule has 19 heavy (non-hydrogen) atoms. The predicted molar refractivity (Wildman–Crippen MR) is 75.0 cm³/mol. The Balaban J connectivity index is 2.78. The molecule has 0 saturated carbocycles. The molecule has 0 heterocycles. The highest BCUT2D eigenvalue weighted by Gasteiger charge is 2.08. The SMILES string of the molecule is CCCNC(=O)Oc1ccc(Cl)cc1/C=N/OCC. The number of carbonyl (C=O) groups excluding carboxylic acids is 1. The number of carbonyl (C=O) groups is 1. The van der Waals surface area contributed by atoms with Gasteiger partial charge >= 0.3 is 6.09 Å². The summed E-state index contributed by atoms with van der Waals surface area (Å²) < 4.78 is 5.18. The molecule has 0 aliphatic rings. The number of hydrogen-bond acceptors (Lipinski definition) is 4. The first-order chi connectivity index (χ1) is 9.17. The fraction of sp³-hybridized carbons (Fsp3) is 0.385. The normalized spacial score (nSPS) is 10.5. The molecular formula is C13H17ClN2O3. The first kappa shape index (κ1) is 15.3. The van der Waals surface area contributed by atoms with Gasteiger partial charge in [-0.3, -0.25) is 0 Å². The van der Waals surface area contributed by atoms with Gasteiger partial charge in [-0.15, -0.1) is 0 Å². The van der Waals surface area contributed by atoms with Crippen molar-refractivity contribution >= 4 is 23.9 Å². The minimum absolute atomic E-state index is 0.376. The van der Waals surface area contributed by atoms with Gasteiger partial charge in [0.1, 0.15) is 12.4 Å². The highest BCUT2D eigenvalue weighted by atomic mass is 35.5. The van der Waals surface area contributed by atoms with Crippen molar-refractivity contribution in [1.29, 1.82) is 0 Å². The van der Waals surface area contributed by atoms with E-state index in [1.165, 1.54) is 6.21 Å². The number of nitrogens with one attached hydrogen (secondary N) is 1. The van der Waals surface area contributed by atoms with Crippen molar-refractivity contribution in [2.75, 3.05) is 13.2 Å². The molecule has 5 nitrogen and oxygen atoms in total.